The summed E-state index contributed by atoms with van der Waals surface area (Å²) >= 11 is 12.2. The second-order valence-corrected chi connectivity index (χ2v) is 9.36. The highest BCUT2D eigenvalue weighted by Gasteiger charge is 2.42. The van der Waals surface area contributed by atoms with Crippen LogP contribution in [0.3, 0.4) is 0 Å². The molecule has 7 nitrogen and oxygen atoms in total. The maximum atomic E-state index is 13.0. The van der Waals surface area contributed by atoms with E-state index < -0.39 is 23.3 Å². The van der Waals surface area contributed by atoms with Crippen molar-refractivity contribution < 1.29 is 24.2 Å². The van der Waals surface area contributed by atoms with Crippen LogP contribution in [0.2, 0.25) is 10.0 Å². The van der Waals surface area contributed by atoms with Crippen LogP contribution in [0.1, 0.15) is 48.0 Å². The second-order valence-electron chi connectivity index (χ2n) is 8.55. The first kappa shape index (κ1) is 26.0. The largest absolute Gasteiger partial charge is 0.480 e. The Morgan fingerprint density at radius 1 is 1.06 bits per heavy atom. The third-order valence-corrected chi connectivity index (χ3v) is 6.90. The summed E-state index contributed by atoms with van der Waals surface area (Å²) in [6.45, 7) is 0.456. The maximum Gasteiger partial charge on any atom is 0.326 e. The number of rotatable bonds is 10. The van der Waals surface area contributed by atoms with Crippen LogP contribution in [0, 0.1) is 5.41 Å². The third-order valence-electron chi connectivity index (χ3n) is 6.27. The number of carbonyl (C=O) groups excluding carboxylic acids is 2. The van der Waals surface area contributed by atoms with Crippen LogP contribution >= 0.6 is 23.2 Å². The van der Waals surface area contributed by atoms with E-state index in [1.54, 1.807) is 49.6 Å². The molecule has 0 aromatic heterocycles. The molecule has 3 rings (SSSR count). The van der Waals surface area contributed by atoms with Crippen molar-refractivity contribution in [2.45, 2.75) is 44.6 Å². The van der Waals surface area contributed by atoms with E-state index >= 15 is 0 Å². The zero-order valence-electron chi connectivity index (χ0n) is 18.9. The minimum atomic E-state index is -1.10. The first-order valence-corrected chi connectivity index (χ1v) is 11.9. The van der Waals surface area contributed by atoms with Crippen molar-refractivity contribution in [2.24, 2.45) is 5.41 Å². The summed E-state index contributed by atoms with van der Waals surface area (Å²) in [6, 6.07) is 10.5. The number of nitrogens with one attached hydrogen (secondary N) is 2. The number of aliphatic carboxylic acids is 1. The Kier molecular flexibility index (Phi) is 8.94. The van der Waals surface area contributed by atoms with Gasteiger partial charge in [0.1, 0.15) is 6.04 Å². The minimum absolute atomic E-state index is 0.117. The van der Waals surface area contributed by atoms with E-state index in [2.05, 4.69) is 10.6 Å². The summed E-state index contributed by atoms with van der Waals surface area (Å²) < 4.78 is 5.17. The highest BCUT2D eigenvalue weighted by atomic mass is 35.5. The zero-order valence-corrected chi connectivity index (χ0v) is 20.4. The fourth-order valence-electron chi connectivity index (χ4n) is 4.32. The van der Waals surface area contributed by atoms with Gasteiger partial charge in [0, 0.05) is 25.8 Å². The molecule has 0 spiro atoms. The van der Waals surface area contributed by atoms with Gasteiger partial charge in [0.25, 0.3) is 5.91 Å². The van der Waals surface area contributed by atoms with E-state index in [-0.39, 0.29) is 27.9 Å². The van der Waals surface area contributed by atoms with E-state index in [4.69, 9.17) is 27.9 Å². The molecule has 0 radical (unpaired) electrons. The van der Waals surface area contributed by atoms with Gasteiger partial charge in [0.15, 0.2) is 0 Å². The molecule has 0 aliphatic heterocycles. The van der Waals surface area contributed by atoms with Crippen molar-refractivity contribution in [3.05, 3.63) is 63.6 Å². The van der Waals surface area contributed by atoms with Gasteiger partial charge in [-0.25, -0.2) is 4.79 Å². The smallest absolute Gasteiger partial charge is 0.326 e. The van der Waals surface area contributed by atoms with Gasteiger partial charge in [-0.1, -0.05) is 54.2 Å². The van der Waals surface area contributed by atoms with Crippen LogP contribution < -0.4 is 10.6 Å². The third kappa shape index (κ3) is 6.29. The Labute approximate surface area is 208 Å². The molecule has 0 saturated heterocycles. The number of carboxylic acid groups (broad SMARTS) is 1. The molecule has 3 N–H and O–H groups in total. The van der Waals surface area contributed by atoms with Gasteiger partial charge in [0.05, 0.1) is 21.0 Å². The number of hydrogen-bond acceptors (Lipinski definition) is 4. The van der Waals surface area contributed by atoms with Crippen LogP contribution in [-0.2, 0) is 20.7 Å². The lowest BCUT2D eigenvalue weighted by Crippen LogP contribution is -2.49. The molecule has 1 aliphatic carbocycles. The molecule has 182 valence electrons. The normalized spacial score (nSPS) is 15.5. The molecule has 1 aliphatic rings. The summed E-state index contributed by atoms with van der Waals surface area (Å²) in [5.41, 5.74) is 0.819. The summed E-state index contributed by atoms with van der Waals surface area (Å²) in [5.74, 6) is -1.77. The zero-order chi connectivity index (χ0) is 24.7. The van der Waals surface area contributed by atoms with Crippen LogP contribution in [-0.4, -0.2) is 42.6 Å². The lowest BCUT2D eigenvalue weighted by atomic mass is 9.81. The van der Waals surface area contributed by atoms with E-state index in [0.29, 0.717) is 24.3 Å². The Morgan fingerprint density at radius 2 is 1.68 bits per heavy atom. The molecule has 9 heteroatoms. The lowest BCUT2D eigenvalue weighted by molar-refractivity contribution is -0.144. The molecule has 1 unspecified atom stereocenters. The van der Waals surface area contributed by atoms with Crippen molar-refractivity contribution in [3.8, 4) is 0 Å². The van der Waals surface area contributed by atoms with Crippen LogP contribution in [0.4, 0.5) is 5.69 Å². The Balaban J connectivity index is 1.65. The first-order valence-electron chi connectivity index (χ1n) is 11.1. The number of amides is 2. The van der Waals surface area contributed by atoms with Crippen LogP contribution in [0.5, 0.6) is 0 Å². The van der Waals surface area contributed by atoms with Crippen molar-refractivity contribution in [1.82, 2.24) is 5.32 Å². The predicted octanol–water partition coefficient (Wildman–Crippen LogP) is 4.95. The summed E-state index contributed by atoms with van der Waals surface area (Å²) in [5, 5.41) is 15.7. The van der Waals surface area contributed by atoms with Crippen LogP contribution in [0.25, 0.3) is 0 Å². The average molecular weight is 507 g/mol. The lowest BCUT2D eigenvalue weighted by Gasteiger charge is -2.29. The topological polar surface area (TPSA) is 105 Å². The number of halogens is 2. The van der Waals surface area contributed by atoms with E-state index in [1.165, 1.54) is 0 Å². The van der Waals surface area contributed by atoms with E-state index in [1.807, 2.05) is 0 Å². The Morgan fingerprint density at radius 3 is 2.24 bits per heavy atom. The summed E-state index contributed by atoms with van der Waals surface area (Å²) in [6.07, 6.45) is 4.05. The SMILES string of the molecule is COCCC1(C(=O)NC(Cc2ccc(NC(=O)c3c(Cl)cccc3Cl)cc2)C(=O)O)CCCC1. The standard InChI is InChI=1S/C25H28Cl2N2O5/c1-34-14-13-25(11-2-3-12-25)24(33)29-20(23(31)32)15-16-7-9-17(10-8-16)28-22(30)21-18(26)5-4-6-19(21)27/h4-10,20H,2-3,11-15H2,1H3,(H,28,30)(H,29,33)(H,31,32). The van der Waals surface area contributed by atoms with Crippen LogP contribution in [0.15, 0.2) is 42.5 Å². The van der Waals surface area contributed by atoms with Gasteiger partial charge in [-0.3, -0.25) is 9.59 Å². The summed E-state index contributed by atoms with van der Waals surface area (Å²) in [7, 11) is 1.59. The highest BCUT2D eigenvalue weighted by Crippen LogP contribution is 2.41. The van der Waals surface area contributed by atoms with E-state index in [0.717, 1.165) is 25.7 Å². The van der Waals surface area contributed by atoms with E-state index in [9.17, 15) is 19.5 Å². The monoisotopic (exact) mass is 506 g/mol. The van der Waals surface area contributed by atoms with Gasteiger partial charge in [-0.15, -0.1) is 0 Å². The number of hydrogen-bond donors (Lipinski definition) is 3. The Bertz CT molecular complexity index is 1020. The number of ether oxygens (including phenoxy) is 1. The van der Waals surface area contributed by atoms with Crippen molar-refractivity contribution in [1.29, 1.82) is 0 Å². The number of carbonyl (C=O) groups is 3. The van der Waals surface area contributed by atoms with Crippen molar-refractivity contribution in [3.63, 3.8) is 0 Å². The molecule has 2 aromatic carbocycles. The maximum absolute atomic E-state index is 13.0. The predicted molar refractivity (Wildman–Crippen MR) is 132 cm³/mol. The molecule has 34 heavy (non-hydrogen) atoms. The highest BCUT2D eigenvalue weighted by molar-refractivity contribution is 6.40. The van der Waals surface area contributed by atoms with Crippen molar-refractivity contribution in [2.75, 3.05) is 19.0 Å². The number of methoxy groups -OCH3 is 1. The number of carboxylic acids is 1. The van der Waals surface area contributed by atoms with Crippen molar-refractivity contribution >= 4 is 46.7 Å². The molecule has 2 amide bonds. The quantitative estimate of drug-likeness (QED) is 0.422. The van der Waals surface area contributed by atoms with Gasteiger partial charge >= 0.3 is 5.97 Å². The molecule has 1 atom stereocenters. The minimum Gasteiger partial charge on any atom is -0.480 e. The Hall–Kier alpha value is -2.61. The fourth-order valence-corrected chi connectivity index (χ4v) is 4.89. The molecule has 1 fully saturated rings. The van der Waals surface area contributed by atoms with Gasteiger partial charge in [0.2, 0.25) is 5.91 Å². The molecule has 0 bridgehead atoms. The van der Waals surface area contributed by atoms with Gasteiger partial charge in [-0.05, 0) is 49.1 Å². The fraction of sp³-hybridized carbons (Fsp3) is 0.400. The van der Waals surface area contributed by atoms with Gasteiger partial charge in [-0.2, -0.15) is 0 Å². The second kappa shape index (κ2) is 11.7. The number of benzene rings is 2. The molecule has 1 saturated carbocycles. The number of anilines is 1. The molecule has 0 heterocycles. The molecular weight excluding hydrogens is 479 g/mol. The molecule has 2 aromatic rings. The molecular formula is C25H28Cl2N2O5. The summed E-state index contributed by atoms with van der Waals surface area (Å²) in [4.78, 5) is 37.5. The first-order chi connectivity index (χ1) is 16.3. The average Bonchev–Trinajstić information content (AvgIpc) is 3.28. The van der Waals surface area contributed by atoms with Gasteiger partial charge < -0.3 is 20.5 Å².